The number of piperidine rings is 1. The molecule has 1 N–H and O–H groups in total. The number of hydrogen-bond acceptors (Lipinski definition) is 3. The van der Waals surface area contributed by atoms with Gasteiger partial charge in [0.25, 0.3) is 0 Å². The van der Waals surface area contributed by atoms with Crippen LogP contribution in [0.15, 0.2) is 12.1 Å². The van der Waals surface area contributed by atoms with Crippen LogP contribution in [0.2, 0.25) is 0 Å². The van der Waals surface area contributed by atoms with E-state index >= 15 is 0 Å². The number of hydrogen-bond donors (Lipinski definition) is 1. The summed E-state index contributed by atoms with van der Waals surface area (Å²) in [5.41, 5.74) is 2.72. The van der Waals surface area contributed by atoms with Crippen molar-refractivity contribution in [3.8, 4) is 11.5 Å². The molecule has 3 heteroatoms. The van der Waals surface area contributed by atoms with Crippen LogP contribution in [0, 0.1) is 5.92 Å². The van der Waals surface area contributed by atoms with Crippen molar-refractivity contribution in [1.29, 1.82) is 0 Å². The topological polar surface area (TPSA) is 30.5 Å². The molecule has 0 spiro atoms. The van der Waals surface area contributed by atoms with Crippen LogP contribution in [-0.4, -0.2) is 26.8 Å². The van der Waals surface area contributed by atoms with E-state index in [0.29, 0.717) is 0 Å². The smallest absolute Gasteiger partial charge is 0.164 e. The molecule has 0 atom stereocenters. The van der Waals surface area contributed by atoms with Crippen molar-refractivity contribution in [3.05, 3.63) is 23.3 Å². The monoisotopic (exact) mass is 247 g/mol. The lowest BCUT2D eigenvalue weighted by atomic mass is 9.90. The minimum atomic E-state index is 0.794. The second-order valence-electron chi connectivity index (χ2n) is 5.28. The molecule has 1 saturated heterocycles. The Morgan fingerprint density at radius 1 is 1.33 bits per heavy atom. The highest BCUT2D eigenvalue weighted by molar-refractivity contribution is 5.51. The van der Waals surface area contributed by atoms with Gasteiger partial charge < -0.3 is 14.8 Å². The molecule has 0 aromatic heterocycles. The van der Waals surface area contributed by atoms with Gasteiger partial charge >= 0.3 is 0 Å². The molecule has 2 aliphatic rings. The fraction of sp³-hybridized carbons (Fsp3) is 0.600. The maximum Gasteiger partial charge on any atom is 0.164 e. The molecule has 1 aromatic carbocycles. The largest absolute Gasteiger partial charge is 0.493 e. The van der Waals surface area contributed by atoms with E-state index in [2.05, 4.69) is 17.4 Å². The third-order valence-corrected chi connectivity index (χ3v) is 4.01. The van der Waals surface area contributed by atoms with Crippen molar-refractivity contribution in [2.75, 3.05) is 26.8 Å². The van der Waals surface area contributed by atoms with Gasteiger partial charge in [0.15, 0.2) is 11.5 Å². The van der Waals surface area contributed by atoms with E-state index < -0.39 is 0 Å². The van der Waals surface area contributed by atoms with Crippen molar-refractivity contribution in [1.82, 2.24) is 5.32 Å². The average molecular weight is 247 g/mol. The zero-order valence-corrected chi connectivity index (χ0v) is 11.0. The average Bonchev–Trinajstić information content (AvgIpc) is 2.87. The van der Waals surface area contributed by atoms with Crippen LogP contribution >= 0.6 is 0 Å². The predicted octanol–water partition coefficient (Wildman–Crippen LogP) is 2.17. The third-order valence-electron chi connectivity index (χ3n) is 4.01. The summed E-state index contributed by atoms with van der Waals surface area (Å²) in [7, 11) is 1.73. The first-order valence-electron chi connectivity index (χ1n) is 6.90. The van der Waals surface area contributed by atoms with Crippen molar-refractivity contribution in [2.24, 2.45) is 5.92 Å². The van der Waals surface area contributed by atoms with Gasteiger partial charge in [-0.3, -0.25) is 0 Å². The Kier molecular flexibility index (Phi) is 3.41. The van der Waals surface area contributed by atoms with Gasteiger partial charge in [0, 0.05) is 12.0 Å². The third kappa shape index (κ3) is 2.32. The van der Waals surface area contributed by atoms with Crippen LogP contribution in [0.4, 0.5) is 0 Å². The Balaban J connectivity index is 1.79. The van der Waals surface area contributed by atoms with E-state index in [1.807, 2.05) is 0 Å². The van der Waals surface area contributed by atoms with Crippen molar-refractivity contribution < 1.29 is 9.47 Å². The standard InChI is InChI=1S/C15H21NO2/c1-17-14-10-12(8-11-2-5-16-6-3-11)9-13-4-7-18-15(13)14/h9-11,16H,2-8H2,1H3. The number of nitrogens with one attached hydrogen (secondary N) is 1. The normalized spacial score (nSPS) is 19.4. The summed E-state index contributed by atoms with van der Waals surface area (Å²) >= 11 is 0. The summed E-state index contributed by atoms with van der Waals surface area (Å²) in [5, 5.41) is 3.42. The molecule has 0 radical (unpaired) electrons. The molecule has 0 amide bonds. The van der Waals surface area contributed by atoms with E-state index in [9.17, 15) is 0 Å². The van der Waals surface area contributed by atoms with Gasteiger partial charge in [-0.2, -0.15) is 0 Å². The van der Waals surface area contributed by atoms with E-state index in [1.54, 1.807) is 7.11 Å². The Bertz CT molecular complexity index is 425. The van der Waals surface area contributed by atoms with Gasteiger partial charge in [0.2, 0.25) is 0 Å². The van der Waals surface area contributed by atoms with E-state index in [4.69, 9.17) is 9.47 Å². The number of fused-ring (bicyclic) bond motifs is 1. The maximum atomic E-state index is 5.63. The lowest BCUT2D eigenvalue weighted by molar-refractivity contribution is 0.325. The molecule has 0 aliphatic carbocycles. The van der Waals surface area contributed by atoms with Crippen LogP contribution < -0.4 is 14.8 Å². The summed E-state index contributed by atoms with van der Waals surface area (Å²) in [6.07, 6.45) is 4.77. The number of rotatable bonds is 3. The lowest BCUT2D eigenvalue weighted by Gasteiger charge is -2.23. The first-order chi connectivity index (χ1) is 8.86. The van der Waals surface area contributed by atoms with E-state index in [0.717, 1.165) is 43.5 Å². The Labute approximate surface area is 108 Å². The summed E-state index contributed by atoms with van der Waals surface area (Å²) in [6.45, 7) is 3.12. The minimum Gasteiger partial charge on any atom is -0.493 e. The number of ether oxygens (including phenoxy) is 2. The Morgan fingerprint density at radius 2 is 2.17 bits per heavy atom. The maximum absolute atomic E-state index is 5.63. The molecule has 3 rings (SSSR count). The zero-order chi connectivity index (χ0) is 12.4. The van der Waals surface area contributed by atoms with Gasteiger partial charge in [-0.25, -0.2) is 0 Å². The molecule has 0 bridgehead atoms. The molecule has 3 nitrogen and oxygen atoms in total. The van der Waals surface area contributed by atoms with Crippen LogP contribution in [0.3, 0.4) is 0 Å². The van der Waals surface area contributed by atoms with Crippen LogP contribution in [0.25, 0.3) is 0 Å². The zero-order valence-electron chi connectivity index (χ0n) is 11.0. The number of benzene rings is 1. The van der Waals surface area contributed by atoms with Crippen LogP contribution in [-0.2, 0) is 12.8 Å². The summed E-state index contributed by atoms with van der Waals surface area (Å²) in [5.74, 6) is 2.69. The predicted molar refractivity (Wildman–Crippen MR) is 71.5 cm³/mol. The van der Waals surface area contributed by atoms with Crippen molar-refractivity contribution in [2.45, 2.75) is 25.7 Å². The van der Waals surface area contributed by atoms with Crippen LogP contribution in [0.5, 0.6) is 11.5 Å². The summed E-state index contributed by atoms with van der Waals surface area (Å²) in [4.78, 5) is 0. The molecule has 0 unspecified atom stereocenters. The van der Waals surface area contributed by atoms with Gasteiger partial charge in [-0.1, -0.05) is 6.07 Å². The molecular weight excluding hydrogens is 226 g/mol. The summed E-state index contributed by atoms with van der Waals surface area (Å²) < 4.78 is 11.1. The van der Waals surface area contributed by atoms with Crippen molar-refractivity contribution in [3.63, 3.8) is 0 Å². The minimum absolute atomic E-state index is 0.794. The second kappa shape index (κ2) is 5.19. The van der Waals surface area contributed by atoms with E-state index in [-0.39, 0.29) is 0 Å². The molecular formula is C15H21NO2. The second-order valence-corrected chi connectivity index (χ2v) is 5.28. The van der Waals surface area contributed by atoms with Gasteiger partial charge in [0.1, 0.15) is 0 Å². The molecule has 1 aromatic rings. The molecule has 2 heterocycles. The van der Waals surface area contributed by atoms with Crippen LogP contribution in [0.1, 0.15) is 24.0 Å². The SMILES string of the molecule is COc1cc(CC2CCNCC2)cc2c1OCC2. The number of methoxy groups -OCH3 is 1. The first-order valence-corrected chi connectivity index (χ1v) is 6.90. The fourth-order valence-electron chi connectivity index (χ4n) is 3.02. The molecule has 0 saturated carbocycles. The quantitative estimate of drug-likeness (QED) is 0.888. The van der Waals surface area contributed by atoms with Gasteiger partial charge in [0.05, 0.1) is 13.7 Å². The fourth-order valence-corrected chi connectivity index (χ4v) is 3.02. The highest BCUT2D eigenvalue weighted by Gasteiger charge is 2.20. The van der Waals surface area contributed by atoms with Gasteiger partial charge in [-0.15, -0.1) is 0 Å². The van der Waals surface area contributed by atoms with Gasteiger partial charge in [-0.05, 0) is 49.9 Å². The molecule has 1 fully saturated rings. The highest BCUT2D eigenvalue weighted by atomic mass is 16.5. The summed E-state index contributed by atoms with van der Waals surface area (Å²) in [6, 6.07) is 4.47. The van der Waals surface area contributed by atoms with E-state index in [1.165, 1.54) is 30.4 Å². The first kappa shape index (κ1) is 11.8. The van der Waals surface area contributed by atoms with Crippen molar-refractivity contribution >= 4 is 0 Å². The highest BCUT2D eigenvalue weighted by Crippen LogP contribution is 2.37. The Morgan fingerprint density at radius 3 is 2.94 bits per heavy atom. The Hall–Kier alpha value is -1.22. The lowest BCUT2D eigenvalue weighted by Crippen LogP contribution is -2.28. The molecule has 2 aliphatic heterocycles. The molecule has 98 valence electrons. The molecule has 18 heavy (non-hydrogen) atoms.